The van der Waals surface area contributed by atoms with Crippen LogP contribution in [0.15, 0.2) is 21.2 Å². The Morgan fingerprint density at radius 2 is 2.22 bits per heavy atom. The molecular formula is C11H13BrN2O4. The first-order valence-corrected chi connectivity index (χ1v) is 6.03. The van der Waals surface area contributed by atoms with Gasteiger partial charge in [0.05, 0.1) is 0 Å². The van der Waals surface area contributed by atoms with Crippen molar-refractivity contribution in [3.63, 3.8) is 0 Å². The standard InChI is InChI=1S/C11H13BrN2O4/c1-6(4-7(13)11(16)17)5-14-10(15)8-2-3-9(12)18-8/h2-3,6,13H,4-5H2,1H3,(H,14,15)(H,16,17)/t6-/m1/s1. The molecule has 0 aromatic carbocycles. The summed E-state index contributed by atoms with van der Waals surface area (Å²) >= 11 is 3.09. The molecule has 7 heteroatoms. The lowest BCUT2D eigenvalue weighted by atomic mass is 10.0. The smallest absolute Gasteiger partial charge is 0.349 e. The molecule has 0 saturated carbocycles. The van der Waals surface area contributed by atoms with E-state index in [2.05, 4.69) is 21.2 Å². The minimum atomic E-state index is -1.23. The van der Waals surface area contributed by atoms with Gasteiger partial charge in [0, 0.05) is 13.0 Å². The normalized spacial score (nSPS) is 11.9. The molecule has 0 saturated heterocycles. The van der Waals surface area contributed by atoms with Crippen molar-refractivity contribution in [1.82, 2.24) is 5.32 Å². The summed E-state index contributed by atoms with van der Waals surface area (Å²) < 4.78 is 5.53. The van der Waals surface area contributed by atoms with Gasteiger partial charge >= 0.3 is 5.97 Å². The molecule has 6 nitrogen and oxygen atoms in total. The van der Waals surface area contributed by atoms with Crippen molar-refractivity contribution in [2.24, 2.45) is 5.92 Å². The molecule has 1 aromatic rings. The van der Waals surface area contributed by atoms with E-state index >= 15 is 0 Å². The first kappa shape index (κ1) is 14.4. The summed E-state index contributed by atoms with van der Waals surface area (Å²) in [5.41, 5.74) is -0.363. The zero-order valence-electron chi connectivity index (χ0n) is 9.70. The molecule has 0 unspecified atom stereocenters. The Hall–Kier alpha value is -1.63. The summed E-state index contributed by atoms with van der Waals surface area (Å²) in [5, 5.41) is 18.4. The van der Waals surface area contributed by atoms with Crippen LogP contribution in [-0.4, -0.2) is 29.2 Å². The molecule has 0 radical (unpaired) electrons. The van der Waals surface area contributed by atoms with E-state index in [-0.39, 0.29) is 36.3 Å². The summed E-state index contributed by atoms with van der Waals surface area (Å²) in [6.07, 6.45) is 0.109. The number of hydrogen-bond acceptors (Lipinski definition) is 4. The van der Waals surface area contributed by atoms with Crippen LogP contribution in [0.2, 0.25) is 0 Å². The minimum absolute atomic E-state index is 0.109. The van der Waals surface area contributed by atoms with Gasteiger partial charge in [-0.2, -0.15) is 0 Å². The molecule has 3 N–H and O–H groups in total. The van der Waals surface area contributed by atoms with E-state index in [1.807, 2.05) is 0 Å². The zero-order chi connectivity index (χ0) is 13.7. The van der Waals surface area contributed by atoms with Gasteiger partial charge in [-0.05, 0) is 34.0 Å². The van der Waals surface area contributed by atoms with Crippen molar-refractivity contribution >= 4 is 33.5 Å². The molecule has 0 fully saturated rings. The summed E-state index contributed by atoms with van der Waals surface area (Å²) in [6, 6.07) is 3.14. The maximum Gasteiger partial charge on any atom is 0.349 e. The van der Waals surface area contributed by atoms with Gasteiger partial charge in [-0.3, -0.25) is 10.2 Å². The molecule has 0 aliphatic rings. The molecule has 18 heavy (non-hydrogen) atoms. The minimum Gasteiger partial charge on any atom is -0.477 e. The van der Waals surface area contributed by atoms with Gasteiger partial charge in [0.1, 0.15) is 5.71 Å². The SMILES string of the molecule is C[C@@H](CNC(=O)c1ccc(Br)o1)CC(=N)C(=O)O. The third-order valence-electron chi connectivity index (χ3n) is 2.22. The molecule has 1 aromatic heterocycles. The fourth-order valence-electron chi connectivity index (χ4n) is 1.30. The Bertz CT molecular complexity index is 469. The van der Waals surface area contributed by atoms with Crippen molar-refractivity contribution in [3.05, 3.63) is 22.6 Å². The number of hydrogen-bond donors (Lipinski definition) is 3. The van der Waals surface area contributed by atoms with E-state index in [4.69, 9.17) is 14.9 Å². The van der Waals surface area contributed by atoms with Gasteiger partial charge in [0.25, 0.3) is 5.91 Å². The number of rotatable bonds is 6. The maximum atomic E-state index is 11.6. The molecule has 98 valence electrons. The van der Waals surface area contributed by atoms with E-state index in [1.165, 1.54) is 6.07 Å². The third-order valence-corrected chi connectivity index (χ3v) is 2.65. The topological polar surface area (TPSA) is 103 Å². The van der Waals surface area contributed by atoms with Crippen LogP contribution in [0.5, 0.6) is 0 Å². The summed E-state index contributed by atoms with van der Waals surface area (Å²) in [7, 11) is 0. The number of carboxylic acids is 1. The molecule has 0 bridgehead atoms. The lowest BCUT2D eigenvalue weighted by Crippen LogP contribution is -2.29. The predicted molar refractivity (Wildman–Crippen MR) is 67.9 cm³/mol. The van der Waals surface area contributed by atoms with Crippen LogP contribution < -0.4 is 5.32 Å². The Morgan fingerprint density at radius 3 is 2.72 bits per heavy atom. The highest BCUT2D eigenvalue weighted by atomic mass is 79.9. The maximum absolute atomic E-state index is 11.6. The fourth-order valence-corrected chi connectivity index (χ4v) is 1.60. The van der Waals surface area contributed by atoms with Crippen molar-refractivity contribution in [2.75, 3.05) is 6.54 Å². The molecule has 1 amide bonds. The summed E-state index contributed by atoms with van der Waals surface area (Å²) in [4.78, 5) is 22.1. The van der Waals surface area contributed by atoms with E-state index < -0.39 is 5.97 Å². The lowest BCUT2D eigenvalue weighted by molar-refractivity contribution is -0.129. The lowest BCUT2D eigenvalue weighted by Gasteiger charge is -2.10. The van der Waals surface area contributed by atoms with Crippen LogP contribution in [0, 0.1) is 11.3 Å². The van der Waals surface area contributed by atoms with Crippen molar-refractivity contribution in [3.8, 4) is 0 Å². The Balaban J connectivity index is 2.39. The Labute approximate surface area is 112 Å². The average molecular weight is 317 g/mol. The van der Waals surface area contributed by atoms with Crippen LogP contribution in [-0.2, 0) is 4.79 Å². The number of carbonyl (C=O) groups is 2. The highest BCUT2D eigenvalue weighted by molar-refractivity contribution is 9.10. The second-order valence-corrected chi connectivity index (χ2v) is 4.69. The van der Waals surface area contributed by atoms with E-state index in [0.717, 1.165) is 0 Å². The van der Waals surface area contributed by atoms with Gasteiger partial charge in [-0.15, -0.1) is 0 Å². The second-order valence-electron chi connectivity index (χ2n) is 3.91. The second kappa shape index (κ2) is 6.34. The first-order chi connectivity index (χ1) is 8.40. The quantitative estimate of drug-likeness (QED) is 0.697. The molecule has 1 rings (SSSR count). The van der Waals surface area contributed by atoms with Crippen LogP contribution in [0.25, 0.3) is 0 Å². The largest absolute Gasteiger partial charge is 0.477 e. The van der Waals surface area contributed by atoms with Crippen LogP contribution >= 0.6 is 15.9 Å². The van der Waals surface area contributed by atoms with Gasteiger partial charge in [0.15, 0.2) is 10.4 Å². The summed E-state index contributed by atoms with van der Waals surface area (Å²) in [6.45, 7) is 2.04. The van der Waals surface area contributed by atoms with Crippen LogP contribution in [0.3, 0.4) is 0 Å². The number of carboxylic acid groups (broad SMARTS) is 1. The number of carbonyl (C=O) groups excluding carboxylic acids is 1. The van der Waals surface area contributed by atoms with Crippen LogP contribution in [0.4, 0.5) is 0 Å². The fraction of sp³-hybridized carbons (Fsp3) is 0.364. The number of aliphatic carboxylic acids is 1. The van der Waals surface area contributed by atoms with E-state index in [0.29, 0.717) is 4.67 Å². The highest BCUT2D eigenvalue weighted by Crippen LogP contribution is 2.13. The first-order valence-electron chi connectivity index (χ1n) is 5.24. The average Bonchev–Trinajstić information content (AvgIpc) is 2.72. The zero-order valence-corrected chi connectivity index (χ0v) is 11.3. The van der Waals surface area contributed by atoms with Crippen molar-refractivity contribution in [1.29, 1.82) is 5.41 Å². The number of amides is 1. The third kappa shape index (κ3) is 4.33. The number of halogens is 1. The number of furan rings is 1. The molecule has 0 aliphatic carbocycles. The van der Waals surface area contributed by atoms with Crippen LogP contribution in [0.1, 0.15) is 23.9 Å². The molecule has 1 atom stereocenters. The Morgan fingerprint density at radius 1 is 1.56 bits per heavy atom. The van der Waals surface area contributed by atoms with Crippen molar-refractivity contribution in [2.45, 2.75) is 13.3 Å². The highest BCUT2D eigenvalue weighted by Gasteiger charge is 2.15. The van der Waals surface area contributed by atoms with Crippen molar-refractivity contribution < 1.29 is 19.1 Å². The van der Waals surface area contributed by atoms with E-state index in [1.54, 1.807) is 13.0 Å². The monoisotopic (exact) mass is 316 g/mol. The van der Waals surface area contributed by atoms with E-state index in [9.17, 15) is 9.59 Å². The molecule has 0 spiro atoms. The predicted octanol–water partition coefficient (Wildman–Crippen LogP) is 1.90. The Kier molecular flexibility index (Phi) is 5.08. The number of nitrogens with one attached hydrogen (secondary N) is 2. The van der Waals surface area contributed by atoms with Gasteiger partial charge in [0.2, 0.25) is 0 Å². The summed E-state index contributed by atoms with van der Waals surface area (Å²) in [5.74, 6) is -1.55. The van der Waals surface area contributed by atoms with Gasteiger partial charge in [-0.1, -0.05) is 6.92 Å². The molecular weight excluding hydrogens is 304 g/mol. The van der Waals surface area contributed by atoms with Gasteiger partial charge < -0.3 is 14.8 Å². The molecule has 1 heterocycles. The van der Waals surface area contributed by atoms with Gasteiger partial charge in [-0.25, -0.2) is 4.79 Å². The molecule has 0 aliphatic heterocycles.